The van der Waals surface area contributed by atoms with E-state index in [-0.39, 0.29) is 0 Å². The maximum absolute atomic E-state index is 10.3. The van der Waals surface area contributed by atoms with Crippen molar-refractivity contribution in [2.45, 2.75) is 12.5 Å². The minimum absolute atomic E-state index is 0.413. The number of amides is 1. The molecule has 0 bridgehead atoms. The first-order valence-electron chi connectivity index (χ1n) is 10.2. The van der Waals surface area contributed by atoms with Gasteiger partial charge in [-0.3, -0.25) is 4.79 Å². The van der Waals surface area contributed by atoms with Gasteiger partial charge in [0, 0.05) is 0 Å². The molecule has 0 saturated heterocycles. The van der Waals surface area contributed by atoms with Crippen molar-refractivity contribution in [1.29, 1.82) is 5.26 Å². The number of methoxy groups -OCH3 is 4. The number of primary amides is 1. The molecule has 0 aliphatic rings. The monoisotopic (exact) mass is 488 g/mol. The molecule has 2 aromatic carbocycles. The Morgan fingerprint density at radius 3 is 2.06 bits per heavy atom. The third kappa shape index (κ3) is 8.10. The highest BCUT2D eigenvalue weighted by Crippen LogP contribution is 2.40. The van der Waals surface area contributed by atoms with Crippen LogP contribution in [0.25, 0.3) is 11.6 Å². The normalized spacial score (nSPS) is 11.4. The van der Waals surface area contributed by atoms with E-state index >= 15 is 0 Å². The fraction of sp³-hybridized carbons (Fsp3) is 0.333. The smallest absolute Gasteiger partial charge is 0.234 e. The van der Waals surface area contributed by atoms with Crippen molar-refractivity contribution >= 4 is 35.0 Å². The lowest BCUT2D eigenvalue weighted by Gasteiger charge is -2.14. The highest BCUT2D eigenvalue weighted by molar-refractivity contribution is 7.98. The Morgan fingerprint density at radius 1 is 1.06 bits per heavy atom. The fourth-order valence-corrected chi connectivity index (χ4v) is 3.30. The van der Waals surface area contributed by atoms with Crippen molar-refractivity contribution in [2.75, 3.05) is 46.2 Å². The van der Waals surface area contributed by atoms with E-state index in [9.17, 15) is 10.1 Å². The van der Waals surface area contributed by atoms with Gasteiger partial charge in [0.05, 0.1) is 51.8 Å². The van der Waals surface area contributed by atoms with Gasteiger partial charge in [-0.05, 0) is 59.9 Å². The molecule has 0 unspecified atom stereocenters. The lowest BCUT2D eigenvalue weighted by Crippen LogP contribution is -2.36. The number of nitrogens with zero attached hydrogens (tertiary/aromatic N) is 1. The highest BCUT2D eigenvalue weighted by atomic mass is 32.2. The van der Waals surface area contributed by atoms with E-state index in [0.717, 1.165) is 11.3 Å². The van der Waals surface area contributed by atoms with E-state index in [4.69, 9.17) is 36.1 Å². The summed E-state index contributed by atoms with van der Waals surface area (Å²) in [6, 6.07) is 10.5. The largest absolute Gasteiger partial charge is 0.495 e. The molecule has 34 heavy (non-hydrogen) atoms. The Balaban J connectivity index is 0.000000546. The van der Waals surface area contributed by atoms with Gasteiger partial charge in [0.1, 0.15) is 5.75 Å². The van der Waals surface area contributed by atoms with Crippen LogP contribution in [0.3, 0.4) is 0 Å². The molecule has 2 aromatic rings. The van der Waals surface area contributed by atoms with Gasteiger partial charge >= 0.3 is 0 Å². The molecule has 0 aromatic heterocycles. The third-order valence-corrected chi connectivity index (χ3v) is 5.30. The van der Waals surface area contributed by atoms with E-state index in [1.807, 2.05) is 12.3 Å². The second-order valence-electron chi connectivity index (χ2n) is 6.88. The van der Waals surface area contributed by atoms with Crippen LogP contribution in [0.5, 0.6) is 23.0 Å². The van der Waals surface area contributed by atoms with Crippen molar-refractivity contribution in [1.82, 2.24) is 0 Å². The summed E-state index contributed by atoms with van der Waals surface area (Å²) in [5.74, 6) is 2.50. The van der Waals surface area contributed by atoms with Crippen LogP contribution in [0.4, 0.5) is 5.69 Å². The minimum atomic E-state index is -0.461. The number of thioether (sulfide) groups is 1. The molecule has 0 spiro atoms. The van der Waals surface area contributed by atoms with E-state index < -0.39 is 11.9 Å². The SMILES string of the molecule is COc1ccc(C=C(C#N)c2cc(OC)c(OC)c(OC)c2)cc1N.CSCC[C@@H](N)C(N)=O. The Hall–Kier alpha value is -3.55. The number of benzene rings is 2. The van der Waals surface area contributed by atoms with Crippen LogP contribution in [-0.4, -0.2) is 52.4 Å². The van der Waals surface area contributed by atoms with Crippen LogP contribution in [0, 0.1) is 11.3 Å². The Bertz CT molecular complexity index is 1010. The summed E-state index contributed by atoms with van der Waals surface area (Å²) in [5.41, 5.74) is 18.5. The maximum atomic E-state index is 10.3. The quantitative estimate of drug-likeness (QED) is 0.260. The molecule has 184 valence electrons. The van der Waals surface area contributed by atoms with Crippen molar-refractivity contribution in [3.63, 3.8) is 0 Å². The van der Waals surface area contributed by atoms with Gasteiger partial charge < -0.3 is 36.1 Å². The first-order chi connectivity index (χ1) is 16.3. The van der Waals surface area contributed by atoms with Gasteiger partial charge in [0.2, 0.25) is 11.7 Å². The highest BCUT2D eigenvalue weighted by Gasteiger charge is 2.15. The third-order valence-electron chi connectivity index (χ3n) is 4.66. The Labute approximate surface area is 204 Å². The molecular formula is C24H32N4O5S. The molecule has 0 aliphatic heterocycles. The molecule has 9 nitrogen and oxygen atoms in total. The predicted molar refractivity (Wildman–Crippen MR) is 137 cm³/mol. The molecule has 0 aliphatic carbocycles. The van der Waals surface area contributed by atoms with Gasteiger partial charge in [0.15, 0.2) is 11.5 Å². The fourth-order valence-electron chi connectivity index (χ4n) is 2.81. The van der Waals surface area contributed by atoms with Crippen molar-refractivity contribution in [3.05, 3.63) is 41.5 Å². The molecule has 6 N–H and O–H groups in total. The molecule has 1 atom stereocenters. The number of anilines is 1. The number of nitrogen functional groups attached to an aromatic ring is 1. The van der Waals surface area contributed by atoms with Crippen molar-refractivity contribution < 1.29 is 23.7 Å². The Kier molecular flexibility index (Phi) is 12.2. The van der Waals surface area contributed by atoms with Crippen LogP contribution >= 0.6 is 11.8 Å². The molecular weight excluding hydrogens is 456 g/mol. The molecule has 2 rings (SSSR count). The zero-order chi connectivity index (χ0) is 25.7. The summed E-state index contributed by atoms with van der Waals surface area (Å²) in [6.45, 7) is 0. The number of hydrogen-bond donors (Lipinski definition) is 3. The summed E-state index contributed by atoms with van der Waals surface area (Å²) in [6.07, 6.45) is 4.38. The molecule has 0 fully saturated rings. The maximum Gasteiger partial charge on any atom is 0.234 e. The lowest BCUT2D eigenvalue weighted by atomic mass is 10.0. The lowest BCUT2D eigenvalue weighted by molar-refractivity contribution is -0.119. The number of hydrogen-bond acceptors (Lipinski definition) is 9. The number of ether oxygens (including phenoxy) is 4. The van der Waals surface area contributed by atoms with Crippen molar-refractivity contribution in [3.8, 4) is 29.1 Å². The van der Waals surface area contributed by atoms with Gasteiger partial charge in [-0.2, -0.15) is 17.0 Å². The summed E-state index contributed by atoms with van der Waals surface area (Å²) >= 11 is 1.66. The average molecular weight is 489 g/mol. The number of allylic oxidation sites excluding steroid dienone is 1. The van der Waals surface area contributed by atoms with E-state index in [1.165, 1.54) is 21.3 Å². The zero-order valence-corrected chi connectivity index (χ0v) is 20.9. The van der Waals surface area contributed by atoms with Gasteiger partial charge in [-0.1, -0.05) is 6.07 Å². The first-order valence-corrected chi connectivity index (χ1v) is 11.5. The molecule has 10 heteroatoms. The van der Waals surface area contributed by atoms with Crippen LogP contribution in [-0.2, 0) is 4.79 Å². The number of carbonyl (C=O) groups is 1. The van der Waals surface area contributed by atoms with Gasteiger partial charge in [-0.25, -0.2) is 0 Å². The van der Waals surface area contributed by atoms with Gasteiger partial charge in [0.25, 0.3) is 0 Å². The van der Waals surface area contributed by atoms with Crippen LogP contribution in [0.15, 0.2) is 30.3 Å². The second kappa shape index (κ2) is 14.6. The number of rotatable bonds is 10. The number of nitriles is 1. The summed E-state index contributed by atoms with van der Waals surface area (Å²) in [5, 5.41) is 9.58. The van der Waals surface area contributed by atoms with E-state index in [0.29, 0.717) is 46.2 Å². The number of carbonyl (C=O) groups excluding carboxylic acids is 1. The zero-order valence-electron chi connectivity index (χ0n) is 20.1. The van der Waals surface area contributed by atoms with E-state index in [1.54, 1.807) is 49.2 Å². The molecule has 0 heterocycles. The second-order valence-corrected chi connectivity index (χ2v) is 7.86. The molecule has 0 saturated carbocycles. The summed E-state index contributed by atoms with van der Waals surface area (Å²) in [4.78, 5) is 10.3. The number of nitrogens with two attached hydrogens (primary N) is 3. The minimum Gasteiger partial charge on any atom is -0.495 e. The predicted octanol–water partition coefficient (Wildman–Crippen LogP) is 2.92. The summed E-state index contributed by atoms with van der Waals surface area (Å²) < 4.78 is 21.1. The topological polar surface area (TPSA) is 156 Å². The summed E-state index contributed by atoms with van der Waals surface area (Å²) in [7, 11) is 6.14. The van der Waals surface area contributed by atoms with Crippen LogP contribution in [0.1, 0.15) is 17.5 Å². The standard InChI is InChI=1S/C19H20N2O4.C5H12N2OS/c1-22-16-6-5-12(8-15(16)21)7-14(11-20)13-9-17(23-2)19(25-4)18(10-13)24-3;1-9-3-2-4(6)5(7)8/h5-10H,21H2,1-4H3;4H,2-3,6H2,1H3,(H2,7,8)/t;4-/m.1/s1. The van der Waals surface area contributed by atoms with E-state index in [2.05, 4.69) is 6.07 Å². The van der Waals surface area contributed by atoms with Crippen LogP contribution < -0.4 is 36.1 Å². The average Bonchev–Trinajstić information content (AvgIpc) is 2.85. The van der Waals surface area contributed by atoms with Gasteiger partial charge in [-0.15, -0.1) is 0 Å². The molecule has 0 radical (unpaired) electrons. The van der Waals surface area contributed by atoms with Crippen molar-refractivity contribution in [2.24, 2.45) is 11.5 Å². The Morgan fingerprint density at radius 2 is 1.65 bits per heavy atom. The first kappa shape index (κ1) is 28.5. The molecule has 1 amide bonds. The van der Waals surface area contributed by atoms with Crippen LogP contribution in [0.2, 0.25) is 0 Å².